The highest BCUT2D eigenvalue weighted by Crippen LogP contribution is 2.17. The zero-order chi connectivity index (χ0) is 20.4. The van der Waals surface area contributed by atoms with Gasteiger partial charge in [-0.15, -0.1) is 0 Å². The van der Waals surface area contributed by atoms with E-state index in [9.17, 15) is 4.79 Å². The molecule has 0 radical (unpaired) electrons. The lowest BCUT2D eigenvalue weighted by Gasteiger charge is -2.15. The summed E-state index contributed by atoms with van der Waals surface area (Å²) in [6, 6.07) is 15.0. The van der Waals surface area contributed by atoms with Crippen molar-refractivity contribution < 1.29 is 14.3 Å². The molecule has 0 aromatic heterocycles. The topological polar surface area (TPSA) is 38.8 Å². The van der Waals surface area contributed by atoms with E-state index in [1.807, 2.05) is 63.4 Å². The first-order chi connectivity index (χ1) is 13.4. The Balaban J connectivity index is 1.70. The van der Waals surface area contributed by atoms with E-state index >= 15 is 0 Å². The second-order valence-electron chi connectivity index (χ2n) is 6.84. The zero-order valence-corrected chi connectivity index (χ0v) is 17.5. The van der Waals surface area contributed by atoms with E-state index < -0.39 is 0 Å². The molecule has 1 amide bonds. The van der Waals surface area contributed by atoms with Crippen LogP contribution in [0.1, 0.15) is 32.3 Å². The first-order valence-corrected chi connectivity index (χ1v) is 9.90. The van der Waals surface area contributed by atoms with Crippen molar-refractivity contribution in [1.29, 1.82) is 0 Å². The van der Waals surface area contributed by atoms with Crippen LogP contribution in [0.3, 0.4) is 0 Å². The van der Waals surface area contributed by atoms with Crippen LogP contribution >= 0.6 is 11.6 Å². The Morgan fingerprint density at radius 2 is 1.86 bits per heavy atom. The van der Waals surface area contributed by atoms with Gasteiger partial charge in [0.05, 0.1) is 12.7 Å². The molecule has 0 aliphatic carbocycles. The third kappa shape index (κ3) is 8.05. The number of hydrogen-bond donors (Lipinski definition) is 0. The van der Waals surface area contributed by atoms with Crippen molar-refractivity contribution in [2.45, 2.75) is 32.8 Å². The van der Waals surface area contributed by atoms with E-state index in [-0.39, 0.29) is 12.0 Å². The summed E-state index contributed by atoms with van der Waals surface area (Å²) in [5.74, 6) is 1.59. The Bertz CT molecular complexity index is 772. The van der Waals surface area contributed by atoms with Crippen LogP contribution in [0, 0.1) is 0 Å². The van der Waals surface area contributed by atoms with Gasteiger partial charge in [-0.2, -0.15) is 0 Å². The number of rotatable bonds is 10. The van der Waals surface area contributed by atoms with E-state index in [1.54, 1.807) is 23.1 Å². The molecule has 0 heterocycles. The highest BCUT2D eigenvalue weighted by Gasteiger charge is 2.05. The molecule has 2 aromatic carbocycles. The van der Waals surface area contributed by atoms with Gasteiger partial charge < -0.3 is 14.4 Å². The number of benzene rings is 2. The lowest BCUT2D eigenvalue weighted by Crippen LogP contribution is -2.26. The molecule has 0 atom stereocenters. The molecule has 0 N–H and O–H groups in total. The minimum atomic E-state index is -0.0196. The largest absolute Gasteiger partial charge is 0.494 e. The van der Waals surface area contributed by atoms with Gasteiger partial charge in [-0.3, -0.25) is 4.79 Å². The number of carbonyl (C=O) groups excluding carboxylic acids is 1. The predicted molar refractivity (Wildman–Crippen MR) is 115 cm³/mol. The van der Waals surface area contributed by atoms with Crippen molar-refractivity contribution in [3.8, 4) is 11.5 Å². The fourth-order valence-electron chi connectivity index (χ4n) is 2.54. The van der Waals surface area contributed by atoms with Gasteiger partial charge in [0, 0.05) is 24.7 Å². The summed E-state index contributed by atoms with van der Waals surface area (Å²) in [5.41, 5.74) is 0.941. The number of likely N-dealkylation sites (N-methyl/N-ethyl adjacent to an activating group) is 1. The molecule has 150 valence electrons. The number of halogens is 1. The molecule has 0 bridgehead atoms. The maximum atomic E-state index is 12.3. The van der Waals surface area contributed by atoms with Crippen LogP contribution in [-0.4, -0.2) is 37.1 Å². The summed E-state index contributed by atoms with van der Waals surface area (Å²) in [7, 11) is 1.81. The van der Waals surface area contributed by atoms with Gasteiger partial charge in [0.1, 0.15) is 11.5 Å². The number of ether oxygens (including phenoxy) is 2. The highest BCUT2D eigenvalue weighted by molar-refractivity contribution is 6.30. The van der Waals surface area contributed by atoms with E-state index in [2.05, 4.69) is 0 Å². The third-order valence-corrected chi connectivity index (χ3v) is 4.25. The van der Waals surface area contributed by atoms with Crippen molar-refractivity contribution in [1.82, 2.24) is 4.90 Å². The molecule has 0 saturated carbocycles. The molecular formula is C23H28ClNO3. The van der Waals surface area contributed by atoms with Crippen molar-refractivity contribution in [3.05, 3.63) is 65.2 Å². The van der Waals surface area contributed by atoms with Crippen molar-refractivity contribution in [2.24, 2.45) is 0 Å². The van der Waals surface area contributed by atoms with Crippen molar-refractivity contribution >= 4 is 23.6 Å². The summed E-state index contributed by atoms with van der Waals surface area (Å²) in [4.78, 5) is 14.0. The number of unbranched alkanes of at least 4 members (excludes halogenated alkanes) is 1. The molecule has 0 spiro atoms. The Hall–Kier alpha value is -2.46. The first kappa shape index (κ1) is 21.8. The molecule has 28 heavy (non-hydrogen) atoms. The van der Waals surface area contributed by atoms with Gasteiger partial charge in [0.2, 0.25) is 5.91 Å². The molecule has 0 unspecified atom stereocenters. The van der Waals surface area contributed by atoms with Gasteiger partial charge >= 0.3 is 0 Å². The van der Waals surface area contributed by atoms with E-state index in [4.69, 9.17) is 21.1 Å². The van der Waals surface area contributed by atoms with Gasteiger partial charge in [0.15, 0.2) is 0 Å². The Labute approximate surface area is 172 Å². The Morgan fingerprint density at radius 3 is 2.57 bits per heavy atom. The van der Waals surface area contributed by atoms with Gasteiger partial charge in [0.25, 0.3) is 0 Å². The van der Waals surface area contributed by atoms with Crippen LogP contribution in [-0.2, 0) is 4.79 Å². The summed E-state index contributed by atoms with van der Waals surface area (Å²) in [6.07, 6.45) is 5.28. The number of nitrogens with zero attached hydrogens (tertiary/aromatic N) is 1. The van der Waals surface area contributed by atoms with Gasteiger partial charge in [-0.25, -0.2) is 0 Å². The average Bonchev–Trinajstić information content (AvgIpc) is 2.67. The van der Waals surface area contributed by atoms with Gasteiger partial charge in [-0.05, 0) is 74.7 Å². The highest BCUT2D eigenvalue weighted by atomic mass is 35.5. The molecule has 2 rings (SSSR count). The van der Waals surface area contributed by atoms with Crippen LogP contribution < -0.4 is 9.47 Å². The Kier molecular flexibility index (Phi) is 8.89. The predicted octanol–water partition coefficient (Wildman–Crippen LogP) is 5.46. The minimum absolute atomic E-state index is 0.0196. The quantitative estimate of drug-likeness (QED) is 0.392. The first-order valence-electron chi connectivity index (χ1n) is 9.52. The second-order valence-corrected chi connectivity index (χ2v) is 7.28. The number of hydrogen-bond acceptors (Lipinski definition) is 3. The fourth-order valence-corrected chi connectivity index (χ4v) is 2.67. The average molecular weight is 402 g/mol. The maximum Gasteiger partial charge on any atom is 0.246 e. The van der Waals surface area contributed by atoms with E-state index in [1.165, 1.54) is 0 Å². The lowest BCUT2D eigenvalue weighted by molar-refractivity contribution is -0.124. The molecular weight excluding hydrogens is 374 g/mol. The normalized spacial score (nSPS) is 11.0. The molecule has 5 heteroatoms. The molecule has 4 nitrogen and oxygen atoms in total. The van der Waals surface area contributed by atoms with Crippen molar-refractivity contribution in [3.63, 3.8) is 0 Å². The van der Waals surface area contributed by atoms with E-state index in [0.717, 1.165) is 29.9 Å². The summed E-state index contributed by atoms with van der Waals surface area (Å²) in [5, 5.41) is 0.694. The molecule has 0 aliphatic heterocycles. The van der Waals surface area contributed by atoms with Crippen molar-refractivity contribution in [2.75, 3.05) is 20.2 Å². The smallest absolute Gasteiger partial charge is 0.246 e. The molecule has 0 aliphatic rings. The SMILES string of the molecule is CC(C)Oc1cccc(/C=C/C(=O)N(C)CCCCOc2ccc(Cl)cc2)c1. The Morgan fingerprint density at radius 1 is 1.11 bits per heavy atom. The lowest BCUT2D eigenvalue weighted by atomic mass is 10.2. The zero-order valence-electron chi connectivity index (χ0n) is 16.7. The molecule has 0 fully saturated rings. The minimum Gasteiger partial charge on any atom is -0.494 e. The second kappa shape index (κ2) is 11.4. The van der Waals surface area contributed by atoms with Gasteiger partial charge in [-0.1, -0.05) is 23.7 Å². The van der Waals surface area contributed by atoms with Crippen LogP contribution in [0.2, 0.25) is 5.02 Å². The summed E-state index contributed by atoms with van der Waals surface area (Å²) in [6.45, 7) is 5.27. The monoisotopic (exact) mass is 401 g/mol. The molecule has 0 saturated heterocycles. The standard InChI is InChI=1S/C23H28ClNO3/c1-18(2)28-22-8-6-7-19(17-22)9-14-23(26)25(3)15-4-5-16-27-21-12-10-20(24)11-13-21/h6-14,17-18H,4-5,15-16H2,1-3H3/b14-9+. The van der Waals surface area contributed by atoms with Crippen LogP contribution in [0.25, 0.3) is 6.08 Å². The molecule has 2 aromatic rings. The maximum absolute atomic E-state index is 12.3. The van der Waals surface area contributed by atoms with Crippen LogP contribution in [0.5, 0.6) is 11.5 Å². The van der Waals surface area contributed by atoms with Crippen LogP contribution in [0.15, 0.2) is 54.6 Å². The van der Waals surface area contributed by atoms with E-state index in [0.29, 0.717) is 18.2 Å². The fraction of sp³-hybridized carbons (Fsp3) is 0.348. The number of carbonyl (C=O) groups is 1. The number of amides is 1. The third-order valence-electron chi connectivity index (χ3n) is 3.99. The summed E-state index contributed by atoms with van der Waals surface area (Å²) < 4.78 is 11.3. The van der Waals surface area contributed by atoms with Crippen LogP contribution in [0.4, 0.5) is 0 Å². The summed E-state index contributed by atoms with van der Waals surface area (Å²) >= 11 is 5.85.